The van der Waals surface area contributed by atoms with Gasteiger partial charge in [0.2, 0.25) is 0 Å². The van der Waals surface area contributed by atoms with E-state index >= 15 is 0 Å². The number of hydrogen-bond donors (Lipinski definition) is 2. The zero-order valence-electron chi connectivity index (χ0n) is 14.9. The summed E-state index contributed by atoms with van der Waals surface area (Å²) in [4.78, 5) is 11.6. The lowest BCUT2D eigenvalue weighted by molar-refractivity contribution is 0.0688. The van der Waals surface area contributed by atoms with Crippen molar-refractivity contribution in [1.82, 2.24) is 15.1 Å². The van der Waals surface area contributed by atoms with Gasteiger partial charge in [0.05, 0.1) is 11.5 Å². The van der Waals surface area contributed by atoms with Gasteiger partial charge in [-0.2, -0.15) is 5.10 Å². The number of carboxylic acid groups (broad SMARTS) is 1. The van der Waals surface area contributed by atoms with Crippen molar-refractivity contribution < 1.29 is 18.3 Å². The third kappa shape index (κ3) is 4.23. The molecule has 1 aliphatic heterocycles. The molecule has 2 heterocycles. The molecule has 1 aliphatic carbocycles. The highest BCUT2D eigenvalue weighted by Gasteiger charge is 2.31. The molecular weight excluding hydrogens is 342 g/mol. The van der Waals surface area contributed by atoms with E-state index in [-0.39, 0.29) is 29.3 Å². The Hall–Kier alpha value is -1.41. The second-order valence-corrected chi connectivity index (χ2v) is 9.99. The Morgan fingerprint density at radius 3 is 2.56 bits per heavy atom. The monoisotopic (exact) mass is 369 g/mol. The number of rotatable bonds is 5. The van der Waals surface area contributed by atoms with Gasteiger partial charge in [0.15, 0.2) is 5.69 Å². The molecule has 0 amide bonds. The molecule has 2 N–H and O–H groups in total. The summed E-state index contributed by atoms with van der Waals surface area (Å²) >= 11 is 0. The minimum atomic E-state index is -2.86. The lowest BCUT2D eigenvalue weighted by Gasteiger charge is -2.31. The SMILES string of the molecule is CC(C)Cn1nc(C(=O)O)c2c1CC[C@H](NC1CCS(=O)(=O)CC1)C2. The van der Waals surface area contributed by atoms with Crippen molar-refractivity contribution in [3.8, 4) is 0 Å². The minimum Gasteiger partial charge on any atom is -0.476 e. The molecule has 8 heteroatoms. The molecule has 0 aromatic carbocycles. The molecule has 0 spiro atoms. The Kier molecular flexibility index (Phi) is 5.20. The summed E-state index contributed by atoms with van der Waals surface area (Å²) < 4.78 is 25.0. The number of aromatic nitrogens is 2. The van der Waals surface area contributed by atoms with E-state index in [9.17, 15) is 18.3 Å². The Morgan fingerprint density at radius 1 is 1.28 bits per heavy atom. The zero-order chi connectivity index (χ0) is 18.2. The molecule has 3 rings (SSSR count). The number of carboxylic acids is 1. The van der Waals surface area contributed by atoms with E-state index in [0.29, 0.717) is 25.2 Å². The van der Waals surface area contributed by atoms with Gasteiger partial charge in [-0.05, 0) is 38.0 Å². The summed E-state index contributed by atoms with van der Waals surface area (Å²) in [6, 6.07) is 0.391. The quantitative estimate of drug-likeness (QED) is 0.810. The van der Waals surface area contributed by atoms with Crippen LogP contribution >= 0.6 is 0 Å². The zero-order valence-corrected chi connectivity index (χ0v) is 15.7. The minimum absolute atomic E-state index is 0.174. The number of nitrogens with one attached hydrogen (secondary N) is 1. The molecule has 2 aliphatic rings. The average Bonchev–Trinajstić information content (AvgIpc) is 2.87. The van der Waals surface area contributed by atoms with Crippen LogP contribution in [0, 0.1) is 5.92 Å². The van der Waals surface area contributed by atoms with Gasteiger partial charge in [0.1, 0.15) is 9.84 Å². The Labute approximate surface area is 148 Å². The van der Waals surface area contributed by atoms with Gasteiger partial charge in [-0.15, -0.1) is 0 Å². The molecular formula is C17H27N3O4S. The number of fused-ring (bicyclic) bond motifs is 1. The smallest absolute Gasteiger partial charge is 0.356 e. The van der Waals surface area contributed by atoms with E-state index in [0.717, 1.165) is 30.6 Å². The fourth-order valence-electron chi connectivity index (χ4n) is 3.89. The number of nitrogens with zero attached hydrogens (tertiary/aromatic N) is 2. The van der Waals surface area contributed by atoms with Crippen molar-refractivity contribution in [3.05, 3.63) is 17.0 Å². The highest BCUT2D eigenvalue weighted by Crippen LogP contribution is 2.27. The third-order valence-corrected chi connectivity index (χ3v) is 6.83. The maximum absolute atomic E-state index is 11.6. The van der Waals surface area contributed by atoms with Crippen LogP contribution in [0.5, 0.6) is 0 Å². The van der Waals surface area contributed by atoms with Crippen LogP contribution in [0.15, 0.2) is 0 Å². The number of aromatic carboxylic acids is 1. The second-order valence-electron chi connectivity index (χ2n) is 7.69. The fraction of sp³-hybridized carbons (Fsp3) is 0.765. The van der Waals surface area contributed by atoms with Crippen molar-refractivity contribution >= 4 is 15.8 Å². The van der Waals surface area contributed by atoms with Crippen LogP contribution in [0.3, 0.4) is 0 Å². The topological polar surface area (TPSA) is 101 Å². The van der Waals surface area contributed by atoms with Crippen molar-refractivity contribution in [2.45, 2.75) is 64.6 Å². The van der Waals surface area contributed by atoms with E-state index in [2.05, 4.69) is 24.3 Å². The summed E-state index contributed by atoms with van der Waals surface area (Å²) in [6.07, 6.45) is 3.68. The van der Waals surface area contributed by atoms with Crippen LogP contribution in [0.25, 0.3) is 0 Å². The predicted octanol–water partition coefficient (Wildman–Crippen LogP) is 1.26. The van der Waals surface area contributed by atoms with E-state index < -0.39 is 15.8 Å². The van der Waals surface area contributed by atoms with Crippen LogP contribution in [-0.2, 0) is 29.2 Å². The highest BCUT2D eigenvalue weighted by molar-refractivity contribution is 7.91. The summed E-state index contributed by atoms with van der Waals surface area (Å²) in [6.45, 7) is 4.92. The first kappa shape index (κ1) is 18.4. The molecule has 1 saturated heterocycles. The largest absolute Gasteiger partial charge is 0.476 e. The van der Waals surface area contributed by atoms with E-state index in [1.165, 1.54) is 0 Å². The molecule has 0 bridgehead atoms. The molecule has 25 heavy (non-hydrogen) atoms. The summed E-state index contributed by atoms with van der Waals surface area (Å²) in [5.74, 6) is -0.0705. The van der Waals surface area contributed by atoms with E-state index in [4.69, 9.17) is 0 Å². The Morgan fingerprint density at radius 2 is 1.96 bits per heavy atom. The van der Waals surface area contributed by atoms with Gasteiger partial charge < -0.3 is 10.4 Å². The standard InChI is InChI=1S/C17H27N3O4S/c1-11(2)10-20-15-4-3-13(9-14(15)16(19-20)17(21)22)18-12-5-7-25(23,24)8-6-12/h11-13,18H,3-10H2,1-2H3,(H,21,22)/t13-/m0/s1. The van der Waals surface area contributed by atoms with Crippen LogP contribution in [0.2, 0.25) is 0 Å². The predicted molar refractivity (Wildman–Crippen MR) is 94.6 cm³/mol. The molecule has 0 unspecified atom stereocenters. The molecule has 0 radical (unpaired) electrons. The highest BCUT2D eigenvalue weighted by atomic mass is 32.2. The fourth-order valence-corrected chi connectivity index (χ4v) is 5.38. The lowest BCUT2D eigenvalue weighted by Crippen LogP contribution is -2.45. The van der Waals surface area contributed by atoms with Gasteiger partial charge in [-0.3, -0.25) is 4.68 Å². The van der Waals surface area contributed by atoms with Gasteiger partial charge in [0.25, 0.3) is 0 Å². The van der Waals surface area contributed by atoms with Crippen LogP contribution in [0.1, 0.15) is 54.9 Å². The summed E-state index contributed by atoms with van der Waals surface area (Å²) in [7, 11) is -2.86. The van der Waals surface area contributed by atoms with E-state index in [1.54, 1.807) is 0 Å². The molecule has 1 aromatic rings. The molecule has 1 aromatic heterocycles. The average molecular weight is 369 g/mol. The number of carbonyl (C=O) groups is 1. The number of sulfone groups is 1. The van der Waals surface area contributed by atoms with Crippen molar-refractivity contribution in [2.75, 3.05) is 11.5 Å². The summed E-state index contributed by atoms with van der Waals surface area (Å²) in [5.41, 5.74) is 2.07. The van der Waals surface area contributed by atoms with Crippen LogP contribution in [0.4, 0.5) is 0 Å². The van der Waals surface area contributed by atoms with Crippen molar-refractivity contribution in [1.29, 1.82) is 0 Å². The maximum Gasteiger partial charge on any atom is 0.356 e. The third-order valence-electron chi connectivity index (χ3n) is 5.11. The molecule has 140 valence electrons. The molecule has 0 saturated carbocycles. The first-order valence-electron chi connectivity index (χ1n) is 9.03. The van der Waals surface area contributed by atoms with Gasteiger partial charge >= 0.3 is 5.97 Å². The van der Waals surface area contributed by atoms with Crippen LogP contribution in [-0.4, -0.2) is 52.9 Å². The van der Waals surface area contributed by atoms with Gasteiger partial charge in [0, 0.05) is 29.9 Å². The van der Waals surface area contributed by atoms with Gasteiger partial charge in [-0.25, -0.2) is 13.2 Å². The normalized spacial score (nSPS) is 23.6. The maximum atomic E-state index is 11.6. The first-order chi connectivity index (χ1) is 11.7. The molecule has 1 atom stereocenters. The van der Waals surface area contributed by atoms with Crippen molar-refractivity contribution in [2.24, 2.45) is 5.92 Å². The van der Waals surface area contributed by atoms with Gasteiger partial charge in [-0.1, -0.05) is 13.8 Å². The van der Waals surface area contributed by atoms with Crippen LogP contribution < -0.4 is 5.32 Å². The second kappa shape index (κ2) is 7.07. The Balaban J connectivity index is 1.72. The summed E-state index contributed by atoms with van der Waals surface area (Å²) in [5, 5.41) is 17.4. The van der Waals surface area contributed by atoms with E-state index in [1.807, 2.05) is 4.68 Å². The number of hydrogen-bond acceptors (Lipinski definition) is 5. The van der Waals surface area contributed by atoms with Crippen molar-refractivity contribution in [3.63, 3.8) is 0 Å². The Bertz CT molecular complexity index is 740. The first-order valence-corrected chi connectivity index (χ1v) is 10.9. The molecule has 7 nitrogen and oxygen atoms in total. The molecule has 1 fully saturated rings. The lowest BCUT2D eigenvalue weighted by atomic mass is 9.90.